The molecule has 2 rings (SSSR count). The van der Waals surface area contributed by atoms with Gasteiger partial charge in [0.05, 0.1) is 12.6 Å². The predicted octanol–water partition coefficient (Wildman–Crippen LogP) is 2.83. The number of carbonyl (C=O) groups excluding carboxylic acids is 1. The molecule has 2 N–H and O–H groups in total. The van der Waals surface area contributed by atoms with Crippen LogP contribution in [0.2, 0.25) is 5.15 Å². The highest BCUT2D eigenvalue weighted by atomic mass is 35.5. The zero-order chi connectivity index (χ0) is 17.5. The Hall–Kier alpha value is -1.37. The maximum Gasteiger partial charge on any atom is 0.293 e. The van der Waals surface area contributed by atoms with Crippen LogP contribution in [0.5, 0.6) is 0 Å². The molecule has 0 radical (unpaired) electrons. The Kier molecular flexibility index (Phi) is 7.25. The van der Waals surface area contributed by atoms with Gasteiger partial charge >= 0.3 is 0 Å². The minimum Gasteiger partial charge on any atom is -0.462 e. The third-order valence-corrected chi connectivity index (χ3v) is 3.08. The third kappa shape index (κ3) is 8.74. The van der Waals surface area contributed by atoms with Gasteiger partial charge in [0.1, 0.15) is 16.5 Å². The van der Waals surface area contributed by atoms with Gasteiger partial charge in [0.25, 0.3) is 6.47 Å². The zero-order valence-corrected chi connectivity index (χ0v) is 15.1. The normalized spacial score (nSPS) is 19.5. The molecule has 0 saturated carbocycles. The summed E-state index contributed by atoms with van der Waals surface area (Å²) in [5.41, 5.74) is 0.441. The molecule has 1 saturated heterocycles. The van der Waals surface area contributed by atoms with Crippen molar-refractivity contribution in [2.24, 2.45) is 0 Å². The standard InChI is InChI=1S/C11H16ClN3O.C5H10O2/c1-11(2)15-9(7-16-11)6-14-8-3-4-13-10(12)5-8;1-5(2,3)7-4-6/h3-5,9,15H,6-7H2,1-2H3,(H,13,14);4H,1-3H3. The fourth-order valence-corrected chi connectivity index (χ4v) is 2.07. The molecule has 23 heavy (non-hydrogen) atoms. The van der Waals surface area contributed by atoms with Gasteiger partial charge in [-0.25, -0.2) is 4.98 Å². The minimum atomic E-state index is -0.318. The first-order valence-corrected chi connectivity index (χ1v) is 7.88. The largest absolute Gasteiger partial charge is 0.462 e. The highest BCUT2D eigenvalue weighted by Crippen LogP contribution is 2.16. The first kappa shape index (κ1) is 19.7. The smallest absolute Gasteiger partial charge is 0.293 e. The monoisotopic (exact) mass is 343 g/mol. The number of anilines is 1. The Morgan fingerprint density at radius 1 is 1.57 bits per heavy atom. The Labute approximate surface area is 142 Å². The van der Waals surface area contributed by atoms with Crippen LogP contribution in [0.1, 0.15) is 34.6 Å². The first-order chi connectivity index (χ1) is 10.6. The number of pyridine rings is 1. The van der Waals surface area contributed by atoms with Crippen molar-refractivity contribution in [1.29, 1.82) is 0 Å². The maximum absolute atomic E-state index is 9.60. The topological polar surface area (TPSA) is 72.5 Å². The summed E-state index contributed by atoms with van der Waals surface area (Å²) in [6.45, 7) is 11.5. The number of halogens is 1. The highest BCUT2D eigenvalue weighted by Gasteiger charge is 2.30. The molecular weight excluding hydrogens is 318 g/mol. The lowest BCUT2D eigenvalue weighted by atomic mass is 10.2. The minimum absolute atomic E-state index is 0.220. The zero-order valence-electron chi connectivity index (χ0n) is 14.4. The predicted molar refractivity (Wildman–Crippen MR) is 91.6 cm³/mol. The summed E-state index contributed by atoms with van der Waals surface area (Å²) in [5.74, 6) is 0. The molecule has 1 aromatic heterocycles. The van der Waals surface area contributed by atoms with E-state index in [1.807, 2.05) is 46.8 Å². The van der Waals surface area contributed by atoms with Crippen LogP contribution in [-0.4, -0.2) is 42.0 Å². The lowest BCUT2D eigenvalue weighted by molar-refractivity contribution is -0.138. The fourth-order valence-electron chi connectivity index (χ4n) is 1.89. The summed E-state index contributed by atoms with van der Waals surface area (Å²) >= 11 is 5.79. The second kappa shape index (κ2) is 8.47. The van der Waals surface area contributed by atoms with Crippen molar-refractivity contribution >= 4 is 23.8 Å². The van der Waals surface area contributed by atoms with Gasteiger partial charge in [-0.15, -0.1) is 0 Å². The van der Waals surface area contributed by atoms with Gasteiger partial charge in [0.2, 0.25) is 0 Å². The molecular formula is C16H26ClN3O3. The average molecular weight is 344 g/mol. The number of hydrogen-bond acceptors (Lipinski definition) is 6. The Morgan fingerprint density at radius 3 is 2.70 bits per heavy atom. The van der Waals surface area contributed by atoms with Crippen LogP contribution in [0.3, 0.4) is 0 Å². The average Bonchev–Trinajstić information content (AvgIpc) is 2.75. The van der Waals surface area contributed by atoms with Crippen LogP contribution in [0.4, 0.5) is 5.69 Å². The van der Waals surface area contributed by atoms with Crippen molar-refractivity contribution in [3.8, 4) is 0 Å². The van der Waals surface area contributed by atoms with Crippen LogP contribution in [-0.2, 0) is 14.3 Å². The molecule has 1 atom stereocenters. The first-order valence-electron chi connectivity index (χ1n) is 7.50. The lowest BCUT2D eigenvalue weighted by Gasteiger charge is -2.18. The number of hydrogen-bond donors (Lipinski definition) is 2. The molecule has 1 aliphatic rings. The molecule has 6 nitrogen and oxygen atoms in total. The molecule has 0 bridgehead atoms. The van der Waals surface area contributed by atoms with Crippen molar-refractivity contribution in [3.63, 3.8) is 0 Å². The second-order valence-corrected chi connectivity index (χ2v) is 7.12. The molecule has 0 aliphatic carbocycles. The molecule has 0 aromatic carbocycles. The number of ether oxygens (including phenoxy) is 2. The Balaban J connectivity index is 0.000000322. The van der Waals surface area contributed by atoms with Crippen LogP contribution in [0.15, 0.2) is 18.3 Å². The van der Waals surface area contributed by atoms with Crippen molar-refractivity contribution in [2.45, 2.75) is 52.0 Å². The van der Waals surface area contributed by atoms with Gasteiger partial charge in [-0.1, -0.05) is 11.6 Å². The van der Waals surface area contributed by atoms with Gasteiger partial charge in [0.15, 0.2) is 0 Å². The van der Waals surface area contributed by atoms with Gasteiger partial charge < -0.3 is 14.8 Å². The van der Waals surface area contributed by atoms with E-state index in [2.05, 4.69) is 20.4 Å². The van der Waals surface area contributed by atoms with E-state index >= 15 is 0 Å². The van der Waals surface area contributed by atoms with Crippen molar-refractivity contribution < 1.29 is 14.3 Å². The van der Waals surface area contributed by atoms with Crippen molar-refractivity contribution in [2.75, 3.05) is 18.5 Å². The number of rotatable bonds is 4. The summed E-state index contributed by atoms with van der Waals surface area (Å²) in [6.07, 6.45) is 1.69. The number of carbonyl (C=O) groups is 1. The molecule has 1 unspecified atom stereocenters. The molecule has 2 heterocycles. The summed E-state index contributed by atoms with van der Waals surface area (Å²) in [7, 11) is 0. The number of nitrogens with zero attached hydrogens (tertiary/aromatic N) is 1. The van der Waals surface area contributed by atoms with Gasteiger partial charge in [-0.05, 0) is 46.8 Å². The van der Waals surface area contributed by atoms with E-state index in [-0.39, 0.29) is 11.3 Å². The Bertz CT molecular complexity index is 504. The SMILES string of the molecule is CC(C)(C)OC=O.CC1(C)NC(CNc2ccnc(Cl)c2)CO1. The van der Waals surface area contributed by atoms with E-state index < -0.39 is 0 Å². The quantitative estimate of drug-likeness (QED) is 0.647. The van der Waals surface area contributed by atoms with E-state index in [9.17, 15) is 4.79 Å². The molecule has 7 heteroatoms. The van der Waals surface area contributed by atoms with Crippen LogP contribution < -0.4 is 10.6 Å². The van der Waals surface area contributed by atoms with Crippen LogP contribution >= 0.6 is 11.6 Å². The molecule has 1 fully saturated rings. The van der Waals surface area contributed by atoms with E-state index in [4.69, 9.17) is 16.3 Å². The second-order valence-electron chi connectivity index (χ2n) is 6.74. The highest BCUT2D eigenvalue weighted by molar-refractivity contribution is 6.29. The summed E-state index contributed by atoms with van der Waals surface area (Å²) < 4.78 is 10.1. The molecule has 0 spiro atoms. The van der Waals surface area contributed by atoms with E-state index in [0.717, 1.165) is 18.8 Å². The summed E-state index contributed by atoms with van der Waals surface area (Å²) in [4.78, 5) is 13.5. The van der Waals surface area contributed by atoms with Gasteiger partial charge in [0, 0.05) is 18.4 Å². The fraction of sp³-hybridized carbons (Fsp3) is 0.625. The Morgan fingerprint density at radius 2 is 2.26 bits per heavy atom. The van der Waals surface area contributed by atoms with Gasteiger partial charge in [-0.2, -0.15) is 0 Å². The molecule has 1 aliphatic heterocycles. The van der Waals surface area contributed by atoms with Crippen LogP contribution in [0, 0.1) is 0 Å². The summed E-state index contributed by atoms with van der Waals surface area (Å²) in [5, 5.41) is 7.18. The number of aromatic nitrogens is 1. The molecule has 130 valence electrons. The van der Waals surface area contributed by atoms with Crippen molar-refractivity contribution in [3.05, 3.63) is 23.5 Å². The van der Waals surface area contributed by atoms with E-state index in [1.54, 1.807) is 6.20 Å². The van der Waals surface area contributed by atoms with E-state index in [1.165, 1.54) is 0 Å². The van der Waals surface area contributed by atoms with E-state index in [0.29, 0.717) is 17.7 Å². The lowest BCUT2D eigenvalue weighted by Crippen LogP contribution is -2.41. The van der Waals surface area contributed by atoms with Crippen molar-refractivity contribution in [1.82, 2.24) is 10.3 Å². The maximum atomic E-state index is 9.60. The van der Waals surface area contributed by atoms with Gasteiger partial charge in [-0.3, -0.25) is 10.1 Å². The molecule has 1 aromatic rings. The third-order valence-electron chi connectivity index (χ3n) is 2.88. The summed E-state index contributed by atoms with van der Waals surface area (Å²) in [6, 6.07) is 4.02. The van der Waals surface area contributed by atoms with Crippen LogP contribution in [0.25, 0.3) is 0 Å². The number of nitrogens with one attached hydrogen (secondary N) is 2. The molecule has 0 amide bonds.